The molecule has 6 nitrogen and oxygen atoms in total. The van der Waals surface area contributed by atoms with Crippen molar-refractivity contribution in [1.82, 2.24) is 4.90 Å². The van der Waals surface area contributed by atoms with Crippen LogP contribution < -0.4 is 14.8 Å². The largest absolute Gasteiger partial charge is 0.493 e. The van der Waals surface area contributed by atoms with E-state index < -0.39 is 11.7 Å². The molecule has 142 valence electrons. The van der Waals surface area contributed by atoms with E-state index in [0.29, 0.717) is 29.3 Å². The minimum atomic E-state index is -0.639. The van der Waals surface area contributed by atoms with Gasteiger partial charge in [0.2, 0.25) is 11.8 Å². The van der Waals surface area contributed by atoms with Gasteiger partial charge in [0.15, 0.2) is 11.5 Å². The Hall–Kier alpha value is -3.09. The van der Waals surface area contributed by atoms with Crippen LogP contribution in [0.1, 0.15) is 23.5 Å². The smallest absolute Gasteiger partial charge is 0.230 e. The molecule has 0 radical (unpaired) electrons. The van der Waals surface area contributed by atoms with Crippen molar-refractivity contribution in [3.05, 3.63) is 53.3 Å². The number of ether oxygens (including phenoxy) is 2. The second-order valence-electron chi connectivity index (χ2n) is 6.42. The lowest BCUT2D eigenvalue weighted by atomic mass is 9.89. The molecule has 0 aromatic heterocycles. The van der Waals surface area contributed by atoms with Crippen LogP contribution in [0.5, 0.6) is 11.5 Å². The summed E-state index contributed by atoms with van der Waals surface area (Å²) < 4.78 is 24.0. The predicted octanol–water partition coefficient (Wildman–Crippen LogP) is 2.93. The Bertz CT molecular complexity index is 884. The summed E-state index contributed by atoms with van der Waals surface area (Å²) in [5.41, 5.74) is 1.84. The molecule has 1 aliphatic rings. The first kappa shape index (κ1) is 18.7. The van der Waals surface area contributed by atoms with Crippen LogP contribution in [0, 0.1) is 5.82 Å². The van der Waals surface area contributed by atoms with E-state index in [0.717, 1.165) is 5.56 Å². The molecule has 2 amide bonds. The lowest BCUT2D eigenvalue weighted by Gasteiger charge is -2.28. The number of nitrogens with zero attached hydrogens (tertiary/aromatic N) is 1. The number of hydrogen-bond acceptors (Lipinski definition) is 4. The first-order valence-electron chi connectivity index (χ1n) is 8.48. The fraction of sp³-hybridized carbons (Fsp3) is 0.300. The number of carbonyl (C=O) groups is 2. The van der Waals surface area contributed by atoms with E-state index in [4.69, 9.17) is 9.47 Å². The van der Waals surface area contributed by atoms with Crippen molar-refractivity contribution in [3.63, 3.8) is 0 Å². The summed E-state index contributed by atoms with van der Waals surface area (Å²) in [5.74, 6) is -0.414. The molecular weight excluding hydrogens is 351 g/mol. The summed E-state index contributed by atoms with van der Waals surface area (Å²) in [6.45, 7) is 0.341. The normalized spacial score (nSPS) is 15.6. The van der Waals surface area contributed by atoms with E-state index in [9.17, 15) is 14.0 Å². The second-order valence-corrected chi connectivity index (χ2v) is 6.42. The van der Waals surface area contributed by atoms with Gasteiger partial charge in [0.1, 0.15) is 5.82 Å². The number of amides is 2. The van der Waals surface area contributed by atoms with Crippen LogP contribution in [0.3, 0.4) is 0 Å². The average molecular weight is 372 g/mol. The maximum absolute atomic E-state index is 13.5. The Morgan fingerprint density at radius 3 is 2.63 bits per heavy atom. The first-order valence-corrected chi connectivity index (χ1v) is 8.48. The molecule has 1 heterocycles. The molecule has 2 aromatic rings. The van der Waals surface area contributed by atoms with Crippen molar-refractivity contribution in [2.75, 3.05) is 26.6 Å². The zero-order valence-corrected chi connectivity index (χ0v) is 15.4. The summed E-state index contributed by atoms with van der Waals surface area (Å²) in [6.07, 6.45) is 0.0355. The number of benzene rings is 2. The maximum Gasteiger partial charge on any atom is 0.230 e. The quantitative estimate of drug-likeness (QED) is 0.876. The molecule has 1 unspecified atom stereocenters. The second kappa shape index (κ2) is 7.65. The van der Waals surface area contributed by atoms with Crippen molar-refractivity contribution in [2.45, 2.75) is 18.9 Å². The van der Waals surface area contributed by atoms with E-state index in [2.05, 4.69) is 5.32 Å². The van der Waals surface area contributed by atoms with Gasteiger partial charge in [-0.3, -0.25) is 9.59 Å². The number of carbonyl (C=O) groups excluding carboxylic acids is 2. The Morgan fingerprint density at radius 2 is 1.93 bits per heavy atom. The molecule has 7 heteroatoms. The lowest BCUT2D eigenvalue weighted by Crippen LogP contribution is -2.36. The van der Waals surface area contributed by atoms with Gasteiger partial charge in [-0.25, -0.2) is 4.39 Å². The van der Waals surface area contributed by atoms with Gasteiger partial charge in [-0.15, -0.1) is 0 Å². The molecule has 0 saturated carbocycles. The highest BCUT2D eigenvalue weighted by Gasteiger charge is 2.32. The Labute approximate surface area is 156 Å². The number of fused-ring (bicyclic) bond motifs is 1. The van der Waals surface area contributed by atoms with E-state index in [1.165, 1.54) is 12.1 Å². The van der Waals surface area contributed by atoms with Crippen LogP contribution in [0.2, 0.25) is 0 Å². The highest BCUT2D eigenvalue weighted by molar-refractivity contribution is 6.01. The van der Waals surface area contributed by atoms with Gasteiger partial charge < -0.3 is 19.7 Å². The molecule has 0 fully saturated rings. The number of hydrogen-bond donors (Lipinski definition) is 1. The first-order chi connectivity index (χ1) is 12.9. The van der Waals surface area contributed by atoms with Crippen LogP contribution in [0.15, 0.2) is 36.4 Å². The zero-order chi connectivity index (χ0) is 19.6. The Balaban J connectivity index is 1.81. The molecule has 2 aromatic carbocycles. The number of anilines is 1. The summed E-state index contributed by atoms with van der Waals surface area (Å²) in [7, 11) is 4.78. The van der Waals surface area contributed by atoms with Crippen LogP contribution >= 0.6 is 0 Å². The summed E-state index contributed by atoms with van der Waals surface area (Å²) in [4.78, 5) is 26.5. The molecule has 0 aliphatic carbocycles. The van der Waals surface area contributed by atoms with Crippen LogP contribution in [0.25, 0.3) is 0 Å². The van der Waals surface area contributed by atoms with Crippen molar-refractivity contribution < 1.29 is 23.5 Å². The van der Waals surface area contributed by atoms with Crippen LogP contribution in [-0.2, 0) is 16.1 Å². The number of nitrogens with one attached hydrogen (secondary N) is 1. The third kappa shape index (κ3) is 3.86. The summed E-state index contributed by atoms with van der Waals surface area (Å²) in [5, 5.41) is 2.62. The third-order valence-corrected chi connectivity index (χ3v) is 4.60. The molecule has 3 rings (SSSR count). The number of likely N-dealkylation sites (N-methyl/N-ethyl adjacent to an activating group) is 1. The molecule has 27 heavy (non-hydrogen) atoms. The predicted molar refractivity (Wildman–Crippen MR) is 98.4 cm³/mol. The van der Waals surface area contributed by atoms with Gasteiger partial charge in [-0.2, -0.15) is 0 Å². The van der Waals surface area contributed by atoms with Gasteiger partial charge in [-0.05, 0) is 35.4 Å². The lowest BCUT2D eigenvalue weighted by molar-refractivity contribution is -0.134. The fourth-order valence-electron chi connectivity index (χ4n) is 3.25. The summed E-state index contributed by atoms with van der Waals surface area (Å²) in [6, 6.07) is 9.52. The van der Waals surface area contributed by atoms with E-state index in [-0.39, 0.29) is 18.2 Å². The summed E-state index contributed by atoms with van der Waals surface area (Å²) >= 11 is 0. The van der Waals surface area contributed by atoms with Crippen molar-refractivity contribution in [3.8, 4) is 11.5 Å². The van der Waals surface area contributed by atoms with Crippen molar-refractivity contribution >= 4 is 17.5 Å². The molecule has 0 saturated heterocycles. The number of methoxy groups -OCH3 is 2. The maximum atomic E-state index is 13.5. The molecule has 0 spiro atoms. The van der Waals surface area contributed by atoms with E-state index >= 15 is 0 Å². The molecular formula is C20H21FN2O4. The monoisotopic (exact) mass is 372 g/mol. The van der Waals surface area contributed by atoms with E-state index in [1.807, 2.05) is 6.07 Å². The minimum Gasteiger partial charge on any atom is -0.493 e. The Morgan fingerprint density at radius 1 is 1.19 bits per heavy atom. The van der Waals surface area contributed by atoms with Gasteiger partial charge in [0, 0.05) is 25.7 Å². The number of rotatable bonds is 5. The topological polar surface area (TPSA) is 67.9 Å². The highest BCUT2D eigenvalue weighted by atomic mass is 19.1. The van der Waals surface area contributed by atoms with Gasteiger partial charge >= 0.3 is 0 Å². The van der Waals surface area contributed by atoms with Gasteiger partial charge in [0.25, 0.3) is 0 Å². The fourth-order valence-corrected chi connectivity index (χ4v) is 3.25. The van der Waals surface area contributed by atoms with Crippen LogP contribution in [0.4, 0.5) is 10.1 Å². The zero-order valence-electron chi connectivity index (χ0n) is 15.4. The highest BCUT2D eigenvalue weighted by Crippen LogP contribution is 2.34. The van der Waals surface area contributed by atoms with Gasteiger partial charge in [-0.1, -0.05) is 12.1 Å². The average Bonchev–Trinajstić information content (AvgIpc) is 2.66. The van der Waals surface area contributed by atoms with Gasteiger partial charge in [0.05, 0.1) is 20.1 Å². The SMILES string of the molecule is COc1ccc(CN(C)C(=O)C2CC(=O)Nc3cc(F)ccc32)cc1OC. The van der Waals surface area contributed by atoms with Crippen molar-refractivity contribution in [2.24, 2.45) is 0 Å². The molecule has 0 bridgehead atoms. The molecule has 1 atom stereocenters. The molecule has 1 N–H and O–H groups in total. The van der Waals surface area contributed by atoms with Crippen molar-refractivity contribution in [1.29, 1.82) is 0 Å². The minimum absolute atomic E-state index is 0.0355. The third-order valence-electron chi connectivity index (χ3n) is 4.60. The standard InChI is InChI=1S/C20H21FN2O4/c1-23(11-12-4-7-17(26-2)18(8-12)27-3)20(25)15-10-19(24)22-16-9-13(21)5-6-14(15)16/h4-9,15H,10-11H2,1-3H3,(H,22,24). The number of halogens is 1. The molecule has 1 aliphatic heterocycles. The van der Waals surface area contributed by atoms with E-state index in [1.54, 1.807) is 44.4 Å². The Kier molecular flexibility index (Phi) is 5.30. The van der Waals surface area contributed by atoms with Crippen LogP contribution in [-0.4, -0.2) is 38.0 Å².